The van der Waals surface area contributed by atoms with Gasteiger partial charge in [-0.2, -0.15) is 43.9 Å². The van der Waals surface area contributed by atoms with Crippen molar-refractivity contribution in [3.05, 3.63) is 0 Å². The van der Waals surface area contributed by atoms with E-state index in [4.69, 9.17) is 0 Å². The lowest BCUT2D eigenvalue weighted by atomic mass is 9.98. The van der Waals surface area contributed by atoms with E-state index in [1.165, 1.54) is 0 Å². The molecule has 0 N–H and O–H groups in total. The molecule has 0 aliphatic rings. The molecule has 0 aliphatic carbocycles. The molecule has 0 aromatic carbocycles. The second kappa shape index (κ2) is 5.39. The summed E-state index contributed by atoms with van der Waals surface area (Å²) in [4.78, 5) is 0. The van der Waals surface area contributed by atoms with Crippen LogP contribution in [0.2, 0.25) is 0 Å². The molecular formula is C8H6F12O. The zero-order valence-electron chi connectivity index (χ0n) is 9.73. The molecule has 0 radical (unpaired) electrons. The lowest BCUT2D eigenvalue weighted by Crippen LogP contribution is -2.69. The normalized spacial score (nSPS) is 15.7. The average molecular weight is 346 g/mol. The van der Waals surface area contributed by atoms with Gasteiger partial charge in [0, 0.05) is 0 Å². The maximum absolute atomic E-state index is 12.8. The van der Waals surface area contributed by atoms with E-state index < -0.39 is 42.8 Å². The van der Waals surface area contributed by atoms with Crippen molar-refractivity contribution >= 4 is 0 Å². The maximum atomic E-state index is 12.8. The van der Waals surface area contributed by atoms with Crippen molar-refractivity contribution in [1.82, 2.24) is 0 Å². The van der Waals surface area contributed by atoms with Gasteiger partial charge in [0.1, 0.15) is 0 Å². The lowest BCUT2D eigenvalue weighted by molar-refractivity contribution is -0.450. The highest BCUT2D eigenvalue weighted by Gasteiger charge is 2.88. The Balaban J connectivity index is 5.96. The van der Waals surface area contributed by atoms with Crippen molar-refractivity contribution in [2.45, 2.75) is 43.1 Å². The van der Waals surface area contributed by atoms with Gasteiger partial charge in [0.2, 0.25) is 0 Å². The van der Waals surface area contributed by atoms with Gasteiger partial charge in [-0.15, -0.1) is 0 Å². The third-order valence-electron chi connectivity index (χ3n) is 2.17. The molecule has 0 aromatic rings. The fraction of sp³-hybridized carbons (Fsp3) is 1.00. The highest BCUT2D eigenvalue weighted by Crippen LogP contribution is 2.58. The largest absolute Gasteiger partial charge is 0.426 e. The first-order chi connectivity index (χ1) is 9.00. The van der Waals surface area contributed by atoms with Gasteiger partial charge in [-0.1, -0.05) is 0 Å². The quantitative estimate of drug-likeness (QED) is 0.620. The summed E-state index contributed by atoms with van der Waals surface area (Å²) in [6, 6.07) is 0. The molecule has 13 heteroatoms. The van der Waals surface area contributed by atoms with Gasteiger partial charge in [-0.25, -0.2) is 8.78 Å². The smallest absolute Gasteiger partial charge is 0.316 e. The van der Waals surface area contributed by atoms with E-state index in [0.717, 1.165) is 0 Å². The Labute approximate surface area is 108 Å². The van der Waals surface area contributed by atoms with Crippen LogP contribution < -0.4 is 0 Å². The molecule has 0 aliphatic heterocycles. The van der Waals surface area contributed by atoms with E-state index in [9.17, 15) is 52.7 Å². The molecule has 21 heavy (non-hydrogen) atoms. The summed E-state index contributed by atoms with van der Waals surface area (Å²) in [7, 11) is 0. The van der Waals surface area contributed by atoms with Crippen LogP contribution in [0.25, 0.3) is 0 Å². The van der Waals surface area contributed by atoms with Crippen LogP contribution >= 0.6 is 0 Å². The third kappa shape index (κ3) is 2.75. The van der Waals surface area contributed by atoms with E-state index in [1.807, 2.05) is 0 Å². The zero-order valence-corrected chi connectivity index (χ0v) is 9.73. The van der Waals surface area contributed by atoms with Gasteiger partial charge < -0.3 is 4.74 Å². The van der Waals surface area contributed by atoms with Crippen molar-refractivity contribution in [2.24, 2.45) is 0 Å². The Hall–Kier alpha value is -0.880. The summed E-state index contributed by atoms with van der Waals surface area (Å²) < 4.78 is 152. The van der Waals surface area contributed by atoms with Crippen molar-refractivity contribution in [2.75, 3.05) is 6.61 Å². The highest BCUT2D eigenvalue weighted by atomic mass is 19.4. The molecule has 0 rings (SSSR count). The third-order valence-corrected chi connectivity index (χ3v) is 2.17. The van der Waals surface area contributed by atoms with E-state index in [-0.39, 0.29) is 0 Å². The van der Waals surface area contributed by atoms with Gasteiger partial charge in [0.05, 0.1) is 6.61 Å². The number of hydrogen-bond acceptors (Lipinski definition) is 1. The predicted molar refractivity (Wildman–Crippen MR) is 42.4 cm³/mol. The van der Waals surface area contributed by atoms with Crippen LogP contribution in [-0.4, -0.2) is 42.8 Å². The Kier molecular flexibility index (Phi) is 5.17. The molecular weight excluding hydrogens is 340 g/mol. The van der Waals surface area contributed by atoms with Crippen molar-refractivity contribution in [3.8, 4) is 0 Å². The first-order valence-electron chi connectivity index (χ1n) is 4.81. The molecule has 1 nitrogen and oxygen atoms in total. The van der Waals surface area contributed by atoms with Crippen LogP contribution in [0.5, 0.6) is 0 Å². The highest BCUT2D eigenvalue weighted by molar-refractivity contribution is 5.07. The molecule has 0 bridgehead atoms. The number of rotatable bonds is 7. The summed E-state index contributed by atoms with van der Waals surface area (Å²) in [5.41, 5.74) is 0. The number of alkyl halides is 12. The zero-order chi connectivity index (χ0) is 17.5. The van der Waals surface area contributed by atoms with Gasteiger partial charge in [0.25, 0.3) is 0 Å². The molecule has 0 amide bonds. The summed E-state index contributed by atoms with van der Waals surface area (Å²) in [6.45, 7) is -0.802. The standard InChI is InChI=1S/C8H6F12O/c1-2-21-8(19,20)7(17,18)6(15,16)5(13,14)4(11,12)3(9)10/h3H,2H2,1H3. The van der Waals surface area contributed by atoms with Gasteiger partial charge in [-0.3, -0.25) is 0 Å². The van der Waals surface area contributed by atoms with Crippen LogP contribution in [0.1, 0.15) is 6.92 Å². The summed E-state index contributed by atoms with van der Waals surface area (Å²) in [6.07, 6.45) is -11.8. The monoisotopic (exact) mass is 346 g/mol. The molecule has 0 saturated heterocycles. The van der Waals surface area contributed by atoms with Crippen molar-refractivity contribution in [3.63, 3.8) is 0 Å². The fourth-order valence-corrected chi connectivity index (χ4v) is 0.998. The Bertz CT molecular complexity index is 362. The van der Waals surface area contributed by atoms with Crippen LogP contribution in [0.15, 0.2) is 0 Å². The van der Waals surface area contributed by atoms with Gasteiger partial charge in [-0.05, 0) is 6.92 Å². The van der Waals surface area contributed by atoms with E-state index in [0.29, 0.717) is 6.92 Å². The second-order valence-corrected chi connectivity index (χ2v) is 3.60. The molecule has 0 spiro atoms. The van der Waals surface area contributed by atoms with E-state index in [1.54, 1.807) is 0 Å². The fourth-order valence-electron chi connectivity index (χ4n) is 0.998. The Morgan fingerprint density at radius 1 is 0.714 bits per heavy atom. The number of halogens is 12. The first-order valence-corrected chi connectivity index (χ1v) is 4.81. The topological polar surface area (TPSA) is 9.23 Å². The van der Waals surface area contributed by atoms with E-state index in [2.05, 4.69) is 4.74 Å². The van der Waals surface area contributed by atoms with Crippen LogP contribution in [0.3, 0.4) is 0 Å². The molecule has 0 aromatic heterocycles. The molecule has 0 fully saturated rings. The molecule has 0 atom stereocenters. The Morgan fingerprint density at radius 2 is 1.10 bits per heavy atom. The van der Waals surface area contributed by atoms with Crippen molar-refractivity contribution in [1.29, 1.82) is 0 Å². The maximum Gasteiger partial charge on any atom is 0.426 e. The minimum atomic E-state index is -7.53. The van der Waals surface area contributed by atoms with E-state index >= 15 is 0 Å². The number of hydrogen-bond donors (Lipinski definition) is 0. The van der Waals surface area contributed by atoms with Crippen LogP contribution in [0, 0.1) is 0 Å². The Morgan fingerprint density at radius 3 is 1.38 bits per heavy atom. The number of ether oxygens (including phenoxy) is 1. The first kappa shape index (κ1) is 20.1. The summed E-state index contributed by atoms with van der Waals surface area (Å²) in [5, 5.41) is 0. The second-order valence-electron chi connectivity index (χ2n) is 3.60. The minimum absolute atomic E-state index is 0.577. The van der Waals surface area contributed by atoms with Crippen LogP contribution in [-0.2, 0) is 4.74 Å². The van der Waals surface area contributed by atoms with Gasteiger partial charge >= 0.3 is 36.2 Å². The van der Waals surface area contributed by atoms with Crippen molar-refractivity contribution < 1.29 is 57.4 Å². The molecule has 0 heterocycles. The average Bonchev–Trinajstić information content (AvgIpc) is 2.27. The minimum Gasteiger partial charge on any atom is -0.316 e. The molecule has 0 unspecified atom stereocenters. The molecule has 0 saturated carbocycles. The summed E-state index contributed by atoms with van der Waals surface area (Å²) in [5.74, 6) is -29.2. The predicted octanol–water partition coefficient (Wildman–Crippen LogP) is 4.42. The molecule has 128 valence electrons. The lowest BCUT2D eigenvalue weighted by Gasteiger charge is -2.38. The van der Waals surface area contributed by atoms with Gasteiger partial charge in [0.15, 0.2) is 0 Å². The summed E-state index contributed by atoms with van der Waals surface area (Å²) >= 11 is 0. The van der Waals surface area contributed by atoms with Crippen LogP contribution in [0.4, 0.5) is 52.7 Å². The SMILES string of the molecule is CCOC(F)(F)C(F)(F)C(F)(F)C(F)(F)C(F)(F)C(F)F.